The molecule has 2 aliphatic rings. The van der Waals surface area contributed by atoms with Crippen molar-refractivity contribution in [2.24, 2.45) is 0 Å². The average Bonchev–Trinajstić information content (AvgIpc) is 3.23. The maximum Gasteiger partial charge on any atom is 0.220 e. The second-order valence-corrected chi connectivity index (χ2v) is 16.5. The number of carbonyl (C=O) groups excluding carboxylic acids is 1. The first kappa shape index (κ1) is 53.6. The van der Waals surface area contributed by atoms with Gasteiger partial charge in [0.1, 0.15) is 48.8 Å². The minimum Gasteiger partial charge on any atom is -0.394 e. The first-order valence-corrected chi connectivity index (χ1v) is 23.1. The molecule has 59 heavy (non-hydrogen) atoms. The second kappa shape index (κ2) is 33.1. The largest absolute Gasteiger partial charge is 0.394 e. The number of aliphatic hydroxyl groups is 8. The highest BCUT2D eigenvalue weighted by Crippen LogP contribution is 2.30. The van der Waals surface area contributed by atoms with Gasteiger partial charge in [-0.3, -0.25) is 4.79 Å². The number of nitrogens with one attached hydrogen (secondary N) is 1. The molecule has 0 aromatic carbocycles. The van der Waals surface area contributed by atoms with E-state index in [9.17, 15) is 45.6 Å². The van der Waals surface area contributed by atoms with Crippen molar-refractivity contribution in [1.29, 1.82) is 0 Å². The number of unbranched alkanes of at least 4 members (excludes halogenated alkanes) is 19. The summed E-state index contributed by atoms with van der Waals surface area (Å²) in [5, 5.41) is 86.0. The molecule has 0 radical (unpaired) electrons. The van der Waals surface area contributed by atoms with Gasteiger partial charge in [0.25, 0.3) is 0 Å². The lowest BCUT2D eigenvalue weighted by Gasteiger charge is -2.46. The summed E-state index contributed by atoms with van der Waals surface area (Å²) in [5.41, 5.74) is 0. The van der Waals surface area contributed by atoms with Crippen molar-refractivity contribution in [1.82, 2.24) is 5.32 Å². The quantitative estimate of drug-likeness (QED) is 0.0319. The Bertz CT molecular complexity index is 1090. The van der Waals surface area contributed by atoms with E-state index in [2.05, 4.69) is 31.3 Å². The monoisotopic (exact) mass is 846 g/mol. The van der Waals surface area contributed by atoms with Gasteiger partial charge in [-0.25, -0.2) is 0 Å². The van der Waals surface area contributed by atoms with Crippen molar-refractivity contribution in [2.75, 3.05) is 19.8 Å². The third-order valence-corrected chi connectivity index (χ3v) is 11.4. The van der Waals surface area contributed by atoms with Crippen molar-refractivity contribution in [3.05, 3.63) is 24.3 Å². The molecule has 0 aromatic rings. The summed E-state index contributed by atoms with van der Waals surface area (Å²) in [6.07, 6.45) is 17.4. The van der Waals surface area contributed by atoms with E-state index in [1.165, 1.54) is 96.3 Å². The van der Waals surface area contributed by atoms with Gasteiger partial charge in [-0.05, 0) is 32.1 Å². The average molecular weight is 846 g/mol. The third-order valence-electron chi connectivity index (χ3n) is 11.4. The predicted octanol–water partition coefficient (Wildman–Crippen LogP) is 4.60. The third kappa shape index (κ3) is 21.4. The maximum atomic E-state index is 12.8. The van der Waals surface area contributed by atoms with Crippen molar-refractivity contribution in [3.8, 4) is 0 Å². The molecule has 2 fully saturated rings. The highest BCUT2D eigenvalue weighted by atomic mass is 16.7. The fourth-order valence-electron chi connectivity index (χ4n) is 7.54. The van der Waals surface area contributed by atoms with E-state index in [4.69, 9.17) is 18.9 Å². The lowest BCUT2D eigenvalue weighted by molar-refractivity contribution is -0.359. The highest BCUT2D eigenvalue weighted by molar-refractivity contribution is 5.76. The fourth-order valence-corrected chi connectivity index (χ4v) is 7.54. The van der Waals surface area contributed by atoms with Gasteiger partial charge in [0.05, 0.1) is 32.0 Å². The first-order chi connectivity index (χ1) is 28.6. The van der Waals surface area contributed by atoms with Crippen LogP contribution in [0.4, 0.5) is 0 Å². The smallest absolute Gasteiger partial charge is 0.220 e. The number of hydrogen-bond donors (Lipinski definition) is 9. The van der Waals surface area contributed by atoms with Gasteiger partial charge < -0.3 is 65.1 Å². The number of amides is 1. The van der Waals surface area contributed by atoms with Crippen LogP contribution in [0.15, 0.2) is 24.3 Å². The number of hydrogen-bond acceptors (Lipinski definition) is 13. The summed E-state index contributed by atoms with van der Waals surface area (Å²) in [6.45, 7) is 2.61. The summed E-state index contributed by atoms with van der Waals surface area (Å²) in [4.78, 5) is 12.8. The lowest BCUT2D eigenvalue weighted by Crippen LogP contribution is -2.65. The fraction of sp³-hybridized carbons (Fsp3) is 0.889. The molecule has 14 heteroatoms. The Morgan fingerprint density at radius 1 is 0.593 bits per heavy atom. The summed E-state index contributed by atoms with van der Waals surface area (Å²) in [5.74, 6) is -0.268. The zero-order valence-electron chi connectivity index (χ0n) is 36.2. The molecule has 14 nitrogen and oxygen atoms in total. The summed E-state index contributed by atoms with van der Waals surface area (Å²) in [6, 6.07) is -0.922. The van der Waals surface area contributed by atoms with Crippen LogP contribution in [0.2, 0.25) is 0 Å². The molecule has 2 saturated heterocycles. The Hall–Kier alpha value is -1.53. The van der Waals surface area contributed by atoms with Gasteiger partial charge in [0, 0.05) is 6.42 Å². The van der Waals surface area contributed by atoms with Gasteiger partial charge >= 0.3 is 0 Å². The Balaban J connectivity index is 1.78. The lowest BCUT2D eigenvalue weighted by atomic mass is 9.97. The molecule has 2 heterocycles. The Labute approximate surface area is 354 Å². The molecule has 12 atom stereocenters. The van der Waals surface area contributed by atoms with Crippen molar-refractivity contribution < 1.29 is 64.6 Å². The minimum absolute atomic E-state index is 0.266. The predicted molar refractivity (Wildman–Crippen MR) is 226 cm³/mol. The van der Waals surface area contributed by atoms with E-state index in [1.54, 1.807) is 6.08 Å². The second-order valence-electron chi connectivity index (χ2n) is 16.5. The van der Waals surface area contributed by atoms with E-state index in [1.807, 2.05) is 6.08 Å². The molecular weight excluding hydrogens is 762 g/mol. The molecule has 0 aromatic heterocycles. The van der Waals surface area contributed by atoms with Crippen LogP contribution in [-0.2, 0) is 23.7 Å². The molecule has 1 amide bonds. The Kier molecular flexibility index (Phi) is 30.1. The topological polar surface area (TPSA) is 228 Å². The van der Waals surface area contributed by atoms with Crippen LogP contribution >= 0.6 is 0 Å². The molecule has 0 saturated carbocycles. The van der Waals surface area contributed by atoms with Crippen molar-refractivity contribution in [3.63, 3.8) is 0 Å². The summed E-state index contributed by atoms with van der Waals surface area (Å²) in [7, 11) is 0. The van der Waals surface area contributed by atoms with Crippen molar-refractivity contribution in [2.45, 2.75) is 235 Å². The van der Waals surface area contributed by atoms with E-state index in [0.29, 0.717) is 12.8 Å². The molecule has 346 valence electrons. The molecule has 9 N–H and O–H groups in total. The summed E-state index contributed by atoms with van der Waals surface area (Å²) < 4.78 is 22.5. The standard InChI is InChI=1S/C45H83NO13/c1-3-5-7-9-10-11-12-13-14-15-16-17-18-19-20-21-22-23-24-25-26-28-34(49)33(46-37(50)29-27-8-6-4-2)32-56-44-42(55)40(53)43(36(31-48)58-44)59-45-41(54)39(52)38(51)35(30-47)57-45/h22-23,26,28,33-36,38-45,47-49,51-55H,3-21,24-25,27,29-32H2,1-2H3,(H,46,50)/b23-22+,28-26+. The highest BCUT2D eigenvalue weighted by Gasteiger charge is 2.50. The molecule has 0 spiro atoms. The van der Waals surface area contributed by atoms with Crippen LogP contribution in [0.5, 0.6) is 0 Å². The van der Waals surface area contributed by atoms with Gasteiger partial charge in [0.15, 0.2) is 12.6 Å². The molecule has 2 rings (SSSR count). The van der Waals surface area contributed by atoms with E-state index >= 15 is 0 Å². The zero-order valence-corrected chi connectivity index (χ0v) is 36.2. The van der Waals surface area contributed by atoms with Gasteiger partial charge in [-0.1, -0.05) is 147 Å². The molecule has 2 aliphatic heterocycles. The molecule has 0 bridgehead atoms. The number of carbonyl (C=O) groups is 1. The molecular formula is C45H83NO13. The Morgan fingerprint density at radius 3 is 1.66 bits per heavy atom. The van der Waals surface area contributed by atoms with E-state index in [-0.39, 0.29) is 18.9 Å². The SMILES string of the molecule is CCCCCCCCCCCCCCCCC/C=C/CC/C=C/C(O)C(COC1OC(CO)C(OC2OC(CO)C(O)C(O)C2O)C(O)C1O)NC(=O)CCCCCC. The Morgan fingerprint density at radius 2 is 1.08 bits per heavy atom. The van der Waals surface area contributed by atoms with Crippen LogP contribution < -0.4 is 5.32 Å². The van der Waals surface area contributed by atoms with Crippen LogP contribution in [0.1, 0.15) is 162 Å². The van der Waals surface area contributed by atoms with Gasteiger partial charge in [0.2, 0.25) is 5.91 Å². The summed E-state index contributed by atoms with van der Waals surface area (Å²) >= 11 is 0. The van der Waals surface area contributed by atoms with Crippen LogP contribution in [0, 0.1) is 0 Å². The number of aliphatic hydroxyl groups excluding tert-OH is 8. The number of allylic oxidation sites excluding steroid dienone is 3. The zero-order chi connectivity index (χ0) is 43.3. The van der Waals surface area contributed by atoms with E-state index < -0.39 is 86.8 Å². The van der Waals surface area contributed by atoms with E-state index in [0.717, 1.165) is 32.1 Å². The van der Waals surface area contributed by atoms with Crippen LogP contribution in [0.3, 0.4) is 0 Å². The van der Waals surface area contributed by atoms with Crippen molar-refractivity contribution >= 4 is 5.91 Å². The number of rotatable bonds is 34. The van der Waals surface area contributed by atoms with Gasteiger partial charge in [-0.2, -0.15) is 0 Å². The van der Waals surface area contributed by atoms with Crippen LogP contribution in [0.25, 0.3) is 0 Å². The van der Waals surface area contributed by atoms with Crippen LogP contribution in [-0.4, -0.2) is 140 Å². The normalized spacial score (nSPS) is 28.7. The van der Waals surface area contributed by atoms with Gasteiger partial charge in [-0.15, -0.1) is 0 Å². The first-order valence-electron chi connectivity index (χ1n) is 23.1. The molecule has 0 aliphatic carbocycles. The maximum absolute atomic E-state index is 12.8. The number of ether oxygens (including phenoxy) is 4. The minimum atomic E-state index is -1.79. The molecule has 12 unspecified atom stereocenters.